The lowest BCUT2D eigenvalue weighted by Crippen LogP contribution is -2.26. The van der Waals surface area contributed by atoms with E-state index >= 15 is 0 Å². The van der Waals surface area contributed by atoms with Gasteiger partial charge in [-0.25, -0.2) is 0 Å². The normalized spacial score (nSPS) is 13.2. The molecule has 2 heteroatoms. The molecule has 0 saturated heterocycles. The molecule has 0 heterocycles. The SMILES string of the molecule is CC(C)N[C@H](C)c1cccc(OC(C)C)c1. The van der Waals surface area contributed by atoms with Crippen LogP contribution in [0.3, 0.4) is 0 Å². The number of rotatable bonds is 5. The van der Waals surface area contributed by atoms with E-state index < -0.39 is 0 Å². The van der Waals surface area contributed by atoms with Crippen molar-refractivity contribution in [3.05, 3.63) is 29.8 Å². The average Bonchev–Trinajstić information content (AvgIpc) is 2.16. The molecule has 0 aliphatic rings. The summed E-state index contributed by atoms with van der Waals surface area (Å²) in [7, 11) is 0. The Balaban J connectivity index is 2.73. The Morgan fingerprint density at radius 3 is 2.31 bits per heavy atom. The minimum atomic E-state index is 0.226. The van der Waals surface area contributed by atoms with Gasteiger partial charge in [0.25, 0.3) is 0 Å². The van der Waals surface area contributed by atoms with Gasteiger partial charge in [0.1, 0.15) is 5.75 Å². The first-order chi connectivity index (χ1) is 7.49. The van der Waals surface area contributed by atoms with Crippen LogP contribution >= 0.6 is 0 Å². The minimum absolute atomic E-state index is 0.226. The molecule has 1 aromatic rings. The van der Waals surface area contributed by atoms with E-state index in [0.29, 0.717) is 12.1 Å². The van der Waals surface area contributed by atoms with Crippen molar-refractivity contribution in [3.8, 4) is 5.75 Å². The Labute approximate surface area is 99.0 Å². The molecule has 16 heavy (non-hydrogen) atoms. The summed E-state index contributed by atoms with van der Waals surface area (Å²) in [4.78, 5) is 0. The number of hydrogen-bond donors (Lipinski definition) is 1. The van der Waals surface area contributed by atoms with E-state index in [9.17, 15) is 0 Å². The molecule has 0 aliphatic carbocycles. The molecule has 0 aromatic heterocycles. The number of ether oxygens (including phenoxy) is 1. The number of hydrogen-bond acceptors (Lipinski definition) is 2. The molecule has 0 spiro atoms. The Bertz CT molecular complexity index is 320. The van der Waals surface area contributed by atoms with E-state index in [1.165, 1.54) is 5.56 Å². The van der Waals surface area contributed by atoms with Crippen molar-refractivity contribution in [2.45, 2.75) is 52.8 Å². The first kappa shape index (κ1) is 13.0. The molecule has 0 saturated carbocycles. The molecular formula is C14H23NO. The van der Waals surface area contributed by atoms with Crippen LogP contribution in [0.25, 0.3) is 0 Å². The van der Waals surface area contributed by atoms with Crippen LogP contribution in [-0.2, 0) is 0 Å². The molecule has 1 atom stereocenters. The Morgan fingerprint density at radius 1 is 1.06 bits per heavy atom. The van der Waals surface area contributed by atoms with Crippen LogP contribution in [0.15, 0.2) is 24.3 Å². The van der Waals surface area contributed by atoms with Crippen LogP contribution in [0.4, 0.5) is 0 Å². The van der Waals surface area contributed by atoms with E-state index in [0.717, 1.165) is 5.75 Å². The van der Waals surface area contributed by atoms with E-state index in [2.05, 4.69) is 38.2 Å². The summed E-state index contributed by atoms with van der Waals surface area (Å²) in [6.07, 6.45) is 0.226. The number of nitrogens with one attached hydrogen (secondary N) is 1. The van der Waals surface area contributed by atoms with Gasteiger partial charge < -0.3 is 10.1 Å². The van der Waals surface area contributed by atoms with Crippen molar-refractivity contribution in [3.63, 3.8) is 0 Å². The Hall–Kier alpha value is -1.02. The third-order valence-corrected chi connectivity index (χ3v) is 2.31. The quantitative estimate of drug-likeness (QED) is 0.821. The highest BCUT2D eigenvalue weighted by Gasteiger charge is 2.07. The largest absolute Gasteiger partial charge is 0.491 e. The van der Waals surface area contributed by atoms with Crippen LogP contribution < -0.4 is 10.1 Å². The van der Waals surface area contributed by atoms with Gasteiger partial charge in [0.05, 0.1) is 6.10 Å². The highest BCUT2D eigenvalue weighted by molar-refractivity contribution is 5.30. The molecule has 0 radical (unpaired) electrons. The predicted molar refractivity (Wildman–Crippen MR) is 68.9 cm³/mol. The maximum atomic E-state index is 5.68. The molecule has 2 nitrogen and oxygen atoms in total. The van der Waals surface area contributed by atoms with Crippen LogP contribution in [-0.4, -0.2) is 12.1 Å². The van der Waals surface area contributed by atoms with Gasteiger partial charge in [0.15, 0.2) is 0 Å². The summed E-state index contributed by atoms with van der Waals surface area (Å²) in [5.41, 5.74) is 1.27. The molecular weight excluding hydrogens is 198 g/mol. The van der Waals surface area contributed by atoms with Crippen molar-refractivity contribution < 1.29 is 4.74 Å². The summed E-state index contributed by atoms with van der Waals surface area (Å²) in [6, 6.07) is 9.14. The van der Waals surface area contributed by atoms with Crippen molar-refractivity contribution in [2.75, 3.05) is 0 Å². The lowest BCUT2D eigenvalue weighted by Gasteiger charge is -2.18. The fourth-order valence-corrected chi connectivity index (χ4v) is 1.73. The van der Waals surface area contributed by atoms with E-state index in [4.69, 9.17) is 4.74 Å². The predicted octanol–water partition coefficient (Wildman–Crippen LogP) is 3.53. The summed E-state index contributed by atoms with van der Waals surface area (Å²) >= 11 is 0. The van der Waals surface area contributed by atoms with Crippen molar-refractivity contribution in [1.29, 1.82) is 0 Å². The highest BCUT2D eigenvalue weighted by atomic mass is 16.5. The smallest absolute Gasteiger partial charge is 0.120 e. The minimum Gasteiger partial charge on any atom is -0.491 e. The summed E-state index contributed by atoms with van der Waals surface area (Å²) in [5, 5.41) is 3.48. The second-order valence-electron chi connectivity index (χ2n) is 4.78. The third kappa shape index (κ3) is 4.23. The molecule has 1 N–H and O–H groups in total. The van der Waals surface area contributed by atoms with E-state index in [1.54, 1.807) is 0 Å². The first-order valence-electron chi connectivity index (χ1n) is 6.01. The second kappa shape index (κ2) is 5.90. The zero-order valence-electron chi connectivity index (χ0n) is 10.9. The van der Waals surface area contributed by atoms with E-state index in [1.807, 2.05) is 26.0 Å². The van der Waals surface area contributed by atoms with Crippen LogP contribution in [0.1, 0.15) is 46.2 Å². The second-order valence-corrected chi connectivity index (χ2v) is 4.78. The zero-order chi connectivity index (χ0) is 12.1. The fourth-order valence-electron chi connectivity index (χ4n) is 1.73. The van der Waals surface area contributed by atoms with Gasteiger partial charge in [0.2, 0.25) is 0 Å². The highest BCUT2D eigenvalue weighted by Crippen LogP contribution is 2.20. The van der Waals surface area contributed by atoms with Gasteiger partial charge >= 0.3 is 0 Å². The van der Waals surface area contributed by atoms with Crippen molar-refractivity contribution >= 4 is 0 Å². The van der Waals surface area contributed by atoms with Crippen LogP contribution in [0.5, 0.6) is 5.75 Å². The van der Waals surface area contributed by atoms with Gasteiger partial charge in [-0.15, -0.1) is 0 Å². The first-order valence-corrected chi connectivity index (χ1v) is 6.01. The van der Waals surface area contributed by atoms with E-state index in [-0.39, 0.29) is 6.10 Å². The summed E-state index contributed by atoms with van der Waals surface area (Å²) in [5.74, 6) is 0.949. The molecule has 90 valence electrons. The Kier molecular flexibility index (Phi) is 4.81. The molecule has 0 fully saturated rings. The average molecular weight is 221 g/mol. The molecule has 0 unspecified atom stereocenters. The number of benzene rings is 1. The lowest BCUT2D eigenvalue weighted by molar-refractivity contribution is 0.242. The topological polar surface area (TPSA) is 21.3 Å². The maximum absolute atomic E-state index is 5.68. The van der Waals surface area contributed by atoms with Crippen molar-refractivity contribution in [2.24, 2.45) is 0 Å². The molecule has 0 amide bonds. The molecule has 1 aromatic carbocycles. The van der Waals surface area contributed by atoms with Gasteiger partial charge in [-0.1, -0.05) is 26.0 Å². The zero-order valence-corrected chi connectivity index (χ0v) is 10.9. The molecule has 1 rings (SSSR count). The lowest BCUT2D eigenvalue weighted by atomic mass is 10.1. The Morgan fingerprint density at radius 2 is 1.75 bits per heavy atom. The van der Waals surface area contributed by atoms with Gasteiger partial charge in [-0.3, -0.25) is 0 Å². The standard InChI is InChI=1S/C14H23NO/c1-10(2)15-12(5)13-7-6-8-14(9-13)16-11(3)4/h6-12,15H,1-5H3/t12-/m1/s1. The van der Waals surface area contributed by atoms with Gasteiger partial charge in [0, 0.05) is 12.1 Å². The maximum Gasteiger partial charge on any atom is 0.120 e. The summed E-state index contributed by atoms with van der Waals surface area (Å²) in [6.45, 7) is 10.6. The summed E-state index contributed by atoms with van der Waals surface area (Å²) < 4.78 is 5.68. The molecule has 0 aliphatic heterocycles. The monoisotopic (exact) mass is 221 g/mol. The van der Waals surface area contributed by atoms with Gasteiger partial charge in [-0.05, 0) is 38.5 Å². The van der Waals surface area contributed by atoms with Crippen LogP contribution in [0.2, 0.25) is 0 Å². The van der Waals surface area contributed by atoms with Crippen molar-refractivity contribution in [1.82, 2.24) is 5.32 Å². The third-order valence-electron chi connectivity index (χ3n) is 2.31. The van der Waals surface area contributed by atoms with Gasteiger partial charge in [-0.2, -0.15) is 0 Å². The fraction of sp³-hybridized carbons (Fsp3) is 0.571. The molecule has 0 bridgehead atoms. The van der Waals surface area contributed by atoms with Crippen LogP contribution in [0, 0.1) is 0 Å².